The lowest BCUT2D eigenvalue weighted by Gasteiger charge is -2.37. The minimum atomic E-state index is -0.373. The SMILES string of the molecule is C=C(OCC)[C@@H]1CC1CC[C@@H](C)O[C@@H]1O[C@@H](C)[C@H](O)C[C@H]1C. The zero-order chi connectivity index (χ0) is 16.3. The van der Waals surface area contributed by atoms with Crippen molar-refractivity contribution in [3.05, 3.63) is 12.3 Å². The third-order valence-corrected chi connectivity index (χ3v) is 4.94. The van der Waals surface area contributed by atoms with Gasteiger partial charge in [-0.1, -0.05) is 13.5 Å². The van der Waals surface area contributed by atoms with E-state index in [1.807, 2.05) is 13.8 Å². The van der Waals surface area contributed by atoms with Crippen LogP contribution in [0.1, 0.15) is 53.4 Å². The van der Waals surface area contributed by atoms with E-state index in [1.54, 1.807) is 0 Å². The van der Waals surface area contributed by atoms with Crippen LogP contribution < -0.4 is 0 Å². The molecule has 2 rings (SSSR count). The summed E-state index contributed by atoms with van der Waals surface area (Å²) in [5.74, 6) is 2.44. The van der Waals surface area contributed by atoms with Crippen molar-refractivity contribution in [2.24, 2.45) is 17.8 Å². The van der Waals surface area contributed by atoms with E-state index in [0.29, 0.717) is 18.4 Å². The molecule has 0 spiro atoms. The summed E-state index contributed by atoms with van der Waals surface area (Å²) in [7, 11) is 0. The molecule has 1 saturated carbocycles. The van der Waals surface area contributed by atoms with Gasteiger partial charge in [0.25, 0.3) is 0 Å². The van der Waals surface area contributed by atoms with Gasteiger partial charge in [0.15, 0.2) is 6.29 Å². The fourth-order valence-electron chi connectivity index (χ4n) is 3.29. The first kappa shape index (κ1) is 17.8. The van der Waals surface area contributed by atoms with E-state index in [1.165, 1.54) is 6.42 Å². The zero-order valence-corrected chi connectivity index (χ0v) is 14.5. The van der Waals surface area contributed by atoms with Crippen molar-refractivity contribution < 1.29 is 19.3 Å². The maximum Gasteiger partial charge on any atom is 0.161 e. The summed E-state index contributed by atoms with van der Waals surface area (Å²) in [6.45, 7) is 12.8. The van der Waals surface area contributed by atoms with Crippen LogP contribution in [0.4, 0.5) is 0 Å². The number of aliphatic hydroxyl groups is 1. The summed E-state index contributed by atoms with van der Waals surface area (Å²) < 4.78 is 17.3. The molecule has 1 aliphatic carbocycles. The summed E-state index contributed by atoms with van der Waals surface area (Å²) in [5, 5.41) is 9.81. The van der Waals surface area contributed by atoms with E-state index >= 15 is 0 Å². The standard InChI is InChI=1S/C18H32O4/c1-6-20-13(4)16-10-15(16)8-7-12(3)21-18-11(2)9-17(19)14(5)22-18/h11-12,14-19H,4,6-10H2,1-3,5H3/t11-,12-,14+,15?,16+,17-,18-/m1/s1. The maximum absolute atomic E-state index is 9.81. The molecule has 2 aliphatic rings. The third-order valence-electron chi connectivity index (χ3n) is 4.94. The molecule has 7 atom stereocenters. The Morgan fingerprint density at radius 1 is 1.36 bits per heavy atom. The molecule has 0 bridgehead atoms. The van der Waals surface area contributed by atoms with Gasteiger partial charge in [0.2, 0.25) is 0 Å². The van der Waals surface area contributed by atoms with Gasteiger partial charge in [0, 0.05) is 11.8 Å². The van der Waals surface area contributed by atoms with Gasteiger partial charge in [0.05, 0.1) is 30.7 Å². The van der Waals surface area contributed by atoms with Crippen LogP contribution in [0.2, 0.25) is 0 Å². The Morgan fingerprint density at radius 3 is 2.77 bits per heavy atom. The first-order valence-electron chi connectivity index (χ1n) is 8.72. The van der Waals surface area contributed by atoms with Crippen LogP contribution in [0, 0.1) is 17.8 Å². The normalized spacial score (nSPS) is 39.3. The number of rotatable bonds is 8. The minimum absolute atomic E-state index is 0.143. The van der Waals surface area contributed by atoms with Gasteiger partial charge in [-0.25, -0.2) is 0 Å². The van der Waals surface area contributed by atoms with Crippen molar-refractivity contribution in [3.8, 4) is 0 Å². The highest BCUT2D eigenvalue weighted by Crippen LogP contribution is 2.47. The molecule has 4 nitrogen and oxygen atoms in total. The number of hydrogen-bond donors (Lipinski definition) is 1. The highest BCUT2D eigenvalue weighted by atomic mass is 16.7. The molecule has 1 unspecified atom stereocenters. The highest BCUT2D eigenvalue weighted by Gasteiger charge is 2.40. The molecule has 1 N–H and O–H groups in total. The molecule has 4 heteroatoms. The second kappa shape index (κ2) is 7.80. The first-order valence-corrected chi connectivity index (χ1v) is 8.72. The molecule has 1 heterocycles. The lowest BCUT2D eigenvalue weighted by Crippen LogP contribution is -2.44. The van der Waals surface area contributed by atoms with Crippen LogP contribution in [0.15, 0.2) is 12.3 Å². The lowest BCUT2D eigenvalue weighted by atomic mass is 9.96. The molecule has 0 aromatic carbocycles. The van der Waals surface area contributed by atoms with Crippen LogP contribution in [0.3, 0.4) is 0 Å². The highest BCUT2D eigenvalue weighted by molar-refractivity contribution is 5.05. The molecule has 1 aliphatic heterocycles. The fourth-order valence-corrected chi connectivity index (χ4v) is 3.29. The zero-order valence-electron chi connectivity index (χ0n) is 14.5. The average molecular weight is 312 g/mol. The van der Waals surface area contributed by atoms with Crippen molar-refractivity contribution in [2.45, 2.75) is 78.0 Å². The smallest absolute Gasteiger partial charge is 0.161 e. The monoisotopic (exact) mass is 312 g/mol. The molecule has 0 aromatic rings. The molecule has 128 valence electrons. The van der Waals surface area contributed by atoms with E-state index in [4.69, 9.17) is 14.2 Å². The van der Waals surface area contributed by atoms with E-state index in [0.717, 1.165) is 25.0 Å². The Kier molecular flexibility index (Phi) is 6.30. The Bertz CT molecular complexity index is 370. The van der Waals surface area contributed by atoms with Gasteiger partial charge in [-0.05, 0) is 52.4 Å². The maximum atomic E-state index is 9.81. The quantitative estimate of drug-likeness (QED) is 0.697. The van der Waals surface area contributed by atoms with E-state index in [2.05, 4.69) is 20.4 Å². The fraction of sp³-hybridized carbons (Fsp3) is 0.889. The third kappa shape index (κ3) is 4.71. The van der Waals surface area contributed by atoms with Gasteiger partial charge < -0.3 is 19.3 Å². The van der Waals surface area contributed by atoms with Gasteiger partial charge >= 0.3 is 0 Å². The molecule has 2 fully saturated rings. The Labute approximate surface area is 134 Å². The number of hydrogen-bond acceptors (Lipinski definition) is 4. The van der Waals surface area contributed by atoms with Gasteiger partial charge in [-0.3, -0.25) is 0 Å². The Hall–Kier alpha value is -0.580. The van der Waals surface area contributed by atoms with Crippen LogP contribution >= 0.6 is 0 Å². The van der Waals surface area contributed by atoms with Gasteiger partial charge in [-0.2, -0.15) is 0 Å². The predicted molar refractivity (Wildman–Crippen MR) is 86.3 cm³/mol. The molecular weight excluding hydrogens is 280 g/mol. The summed E-state index contributed by atoms with van der Waals surface area (Å²) in [4.78, 5) is 0. The number of allylic oxidation sites excluding steroid dienone is 1. The molecule has 22 heavy (non-hydrogen) atoms. The second-order valence-corrected chi connectivity index (χ2v) is 7.02. The summed E-state index contributed by atoms with van der Waals surface area (Å²) in [6.07, 6.45) is 3.60. The summed E-state index contributed by atoms with van der Waals surface area (Å²) in [5.41, 5.74) is 0. The van der Waals surface area contributed by atoms with Crippen molar-refractivity contribution in [3.63, 3.8) is 0 Å². The minimum Gasteiger partial charge on any atom is -0.499 e. The molecule has 0 radical (unpaired) electrons. The van der Waals surface area contributed by atoms with E-state index in [-0.39, 0.29) is 30.5 Å². The van der Waals surface area contributed by atoms with Crippen LogP contribution in [0.5, 0.6) is 0 Å². The summed E-state index contributed by atoms with van der Waals surface area (Å²) >= 11 is 0. The van der Waals surface area contributed by atoms with E-state index < -0.39 is 0 Å². The molecule has 0 amide bonds. The largest absolute Gasteiger partial charge is 0.499 e. The van der Waals surface area contributed by atoms with Crippen molar-refractivity contribution in [2.75, 3.05) is 6.61 Å². The second-order valence-electron chi connectivity index (χ2n) is 7.02. The van der Waals surface area contributed by atoms with E-state index in [9.17, 15) is 5.11 Å². The number of ether oxygens (including phenoxy) is 3. The average Bonchev–Trinajstić information content (AvgIpc) is 3.22. The topological polar surface area (TPSA) is 47.9 Å². The van der Waals surface area contributed by atoms with Gasteiger partial charge in [0.1, 0.15) is 0 Å². The predicted octanol–water partition coefficient (Wildman–Crippen LogP) is 3.49. The summed E-state index contributed by atoms with van der Waals surface area (Å²) in [6, 6.07) is 0. The number of aliphatic hydroxyl groups excluding tert-OH is 1. The Balaban J connectivity index is 1.66. The van der Waals surface area contributed by atoms with Crippen molar-refractivity contribution in [1.29, 1.82) is 0 Å². The first-order chi connectivity index (χ1) is 10.4. The van der Waals surface area contributed by atoms with Crippen molar-refractivity contribution >= 4 is 0 Å². The van der Waals surface area contributed by atoms with Gasteiger partial charge in [-0.15, -0.1) is 0 Å². The molecular formula is C18H32O4. The Morgan fingerprint density at radius 2 is 2.09 bits per heavy atom. The van der Waals surface area contributed by atoms with Crippen LogP contribution in [-0.4, -0.2) is 36.3 Å². The van der Waals surface area contributed by atoms with Crippen molar-refractivity contribution in [1.82, 2.24) is 0 Å². The molecule has 0 aromatic heterocycles. The lowest BCUT2D eigenvalue weighted by molar-refractivity contribution is -0.255. The molecule has 1 saturated heterocycles. The van der Waals surface area contributed by atoms with Crippen LogP contribution in [0.25, 0.3) is 0 Å². The van der Waals surface area contributed by atoms with Crippen LogP contribution in [-0.2, 0) is 14.2 Å².